The predicted molar refractivity (Wildman–Crippen MR) is 80.2 cm³/mol. The van der Waals surface area contributed by atoms with Crippen LogP contribution in [-0.4, -0.2) is 23.4 Å². The SMILES string of the molecule is CC(C)C[C@H](N)C(=O)N1CCc2ccccc2C1.Cl. The van der Waals surface area contributed by atoms with Crippen molar-refractivity contribution in [1.29, 1.82) is 0 Å². The third kappa shape index (κ3) is 3.95. The molecule has 0 radical (unpaired) electrons. The molecule has 2 N–H and O–H groups in total. The van der Waals surface area contributed by atoms with Gasteiger partial charge in [0.05, 0.1) is 6.04 Å². The highest BCUT2D eigenvalue weighted by Crippen LogP contribution is 2.19. The third-order valence-electron chi connectivity index (χ3n) is 3.48. The van der Waals surface area contributed by atoms with Crippen molar-refractivity contribution in [3.63, 3.8) is 0 Å². The maximum atomic E-state index is 12.2. The largest absolute Gasteiger partial charge is 0.337 e. The number of amides is 1. The molecule has 1 atom stereocenters. The van der Waals surface area contributed by atoms with E-state index in [1.807, 2.05) is 11.0 Å². The van der Waals surface area contributed by atoms with E-state index in [-0.39, 0.29) is 24.4 Å². The molecule has 0 unspecified atom stereocenters. The summed E-state index contributed by atoms with van der Waals surface area (Å²) >= 11 is 0. The van der Waals surface area contributed by atoms with Crippen molar-refractivity contribution in [2.24, 2.45) is 11.7 Å². The Labute approximate surface area is 121 Å². The number of benzene rings is 1. The Kier molecular flexibility index (Phi) is 5.83. The Morgan fingerprint density at radius 1 is 1.32 bits per heavy atom. The van der Waals surface area contributed by atoms with Gasteiger partial charge in [0.2, 0.25) is 5.91 Å². The normalized spacial score (nSPS) is 15.7. The lowest BCUT2D eigenvalue weighted by Crippen LogP contribution is -2.46. The average molecular weight is 283 g/mol. The molecule has 0 saturated heterocycles. The summed E-state index contributed by atoms with van der Waals surface area (Å²) in [5, 5.41) is 0. The molecule has 1 heterocycles. The van der Waals surface area contributed by atoms with Crippen LogP contribution < -0.4 is 5.73 Å². The maximum Gasteiger partial charge on any atom is 0.239 e. The zero-order valence-corrected chi connectivity index (χ0v) is 12.5. The number of nitrogens with two attached hydrogens (primary N) is 1. The van der Waals surface area contributed by atoms with Crippen LogP contribution in [0.1, 0.15) is 31.4 Å². The minimum atomic E-state index is -0.352. The van der Waals surface area contributed by atoms with E-state index in [0.717, 1.165) is 19.4 Å². The molecule has 106 valence electrons. The molecule has 0 fully saturated rings. The van der Waals surface area contributed by atoms with E-state index in [1.165, 1.54) is 11.1 Å². The second kappa shape index (κ2) is 6.92. The molecule has 1 aliphatic heterocycles. The van der Waals surface area contributed by atoms with Crippen LogP contribution in [0, 0.1) is 5.92 Å². The van der Waals surface area contributed by atoms with Crippen molar-refractivity contribution < 1.29 is 4.79 Å². The molecule has 0 spiro atoms. The van der Waals surface area contributed by atoms with Crippen molar-refractivity contribution in [3.8, 4) is 0 Å². The lowest BCUT2D eigenvalue weighted by atomic mass is 9.98. The number of hydrogen-bond donors (Lipinski definition) is 1. The fraction of sp³-hybridized carbons (Fsp3) is 0.533. The lowest BCUT2D eigenvalue weighted by molar-refractivity contribution is -0.133. The highest BCUT2D eigenvalue weighted by Gasteiger charge is 2.25. The zero-order chi connectivity index (χ0) is 13.1. The Morgan fingerprint density at radius 3 is 2.58 bits per heavy atom. The number of carbonyl (C=O) groups is 1. The minimum Gasteiger partial charge on any atom is -0.337 e. The molecule has 1 amide bonds. The monoisotopic (exact) mass is 282 g/mol. The summed E-state index contributed by atoms with van der Waals surface area (Å²) in [5.74, 6) is 0.555. The van der Waals surface area contributed by atoms with Gasteiger partial charge < -0.3 is 10.6 Å². The van der Waals surface area contributed by atoms with E-state index in [9.17, 15) is 4.79 Å². The fourth-order valence-electron chi connectivity index (χ4n) is 2.53. The summed E-state index contributed by atoms with van der Waals surface area (Å²) in [6.07, 6.45) is 1.70. The summed E-state index contributed by atoms with van der Waals surface area (Å²) in [6, 6.07) is 7.98. The summed E-state index contributed by atoms with van der Waals surface area (Å²) in [7, 11) is 0. The van der Waals surface area contributed by atoms with Crippen molar-refractivity contribution in [1.82, 2.24) is 4.90 Å². The fourth-order valence-corrected chi connectivity index (χ4v) is 2.53. The van der Waals surface area contributed by atoms with Crippen LogP contribution in [0.5, 0.6) is 0 Å². The number of rotatable bonds is 3. The molecule has 1 aliphatic rings. The molecule has 1 aromatic carbocycles. The van der Waals surface area contributed by atoms with Crippen LogP contribution in [0.4, 0.5) is 0 Å². The van der Waals surface area contributed by atoms with Crippen molar-refractivity contribution in [2.45, 2.75) is 39.3 Å². The van der Waals surface area contributed by atoms with E-state index in [4.69, 9.17) is 5.73 Å². The second-order valence-corrected chi connectivity index (χ2v) is 5.51. The first kappa shape index (κ1) is 16.0. The molecule has 0 aromatic heterocycles. The van der Waals surface area contributed by atoms with E-state index in [2.05, 4.69) is 32.0 Å². The highest BCUT2D eigenvalue weighted by atomic mass is 35.5. The summed E-state index contributed by atoms with van der Waals surface area (Å²) in [4.78, 5) is 14.1. The molecule has 2 rings (SSSR count). The predicted octanol–water partition coefficient (Wildman–Crippen LogP) is 2.37. The summed E-state index contributed by atoms with van der Waals surface area (Å²) < 4.78 is 0. The van der Waals surface area contributed by atoms with Gasteiger partial charge in [0.25, 0.3) is 0 Å². The first-order valence-corrected chi connectivity index (χ1v) is 6.69. The Bertz CT molecular complexity index is 434. The smallest absolute Gasteiger partial charge is 0.239 e. The van der Waals surface area contributed by atoms with E-state index in [0.29, 0.717) is 12.5 Å². The number of halogens is 1. The van der Waals surface area contributed by atoms with Gasteiger partial charge in [0, 0.05) is 13.1 Å². The van der Waals surface area contributed by atoms with Crippen LogP contribution in [0.15, 0.2) is 24.3 Å². The number of hydrogen-bond acceptors (Lipinski definition) is 2. The summed E-state index contributed by atoms with van der Waals surface area (Å²) in [5.41, 5.74) is 8.60. The van der Waals surface area contributed by atoms with Crippen molar-refractivity contribution in [2.75, 3.05) is 6.54 Å². The quantitative estimate of drug-likeness (QED) is 0.925. The molecular weight excluding hydrogens is 260 g/mol. The van der Waals surface area contributed by atoms with Crippen LogP contribution in [0.25, 0.3) is 0 Å². The number of fused-ring (bicyclic) bond motifs is 1. The molecule has 1 aromatic rings. The third-order valence-corrected chi connectivity index (χ3v) is 3.48. The number of carbonyl (C=O) groups excluding carboxylic acids is 1. The van der Waals surface area contributed by atoms with Gasteiger partial charge in [-0.25, -0.2) is 0 Å². The van der Waals surface area contributed by atoms with Crippen LogP contribution in [-0.2, 0) is 17.8 Å². The van der Waals surface area contributed by atoms with Gasteiger partial charge in [-0.15, -0.1) is 12.4 Å². The average Bonchev–Trinajstić information content (AvgIpc) is 2.36. The minimum absolute atomic E-state index is 0. The molecule has 4 heteroatoms. The first-order valence-electron chi connectivity index (χ1n) is 6.69. The Hall–Kier alpha value is -1.06. The number of nitrogens with zero attached hydrogens (tertiary/aromatic N) is 1. The van der Waals surface area contributed by atoms with Crippen molar-refractivity contribution >= 4 is 18.3 Å². The van der Waals surface area contributed by atoms with E-state index in [1.54, 1.807) is 0 Å². The van der Waals surface area contributed by atoms with Gasteiger partial charge in [-0.3, -0.25) is 4.79 Å². The van der Waals surface area contributed by atoms with Crippen molar-refractivity contribution in [3.05, 3.63) is 35.4 Å². The zero-order valence-electron chi connectivity index (χ0n) is 11.6. The summed E-state index contributed by atoms with van der Waals surface area (Å²) in [6.45, 7) is 5.69. The molecular formula is C15H23ClN2O. The maximum absolute atomic E-state index is 12.2. The molecule has 3 nitrogen and oxygen atoms in total. The molecule has 0 saturated carbocycles. The molecule has 0 bridgehead atoms. The van der Waals surface area contributed by atoms with Gasteiger partial charge in [-0.1, -0.05) is 38.1 Å². The lowest BCUT2D eigenvalue weighted by Gasteiger charge is -2.31. The van der Waals surface area contributed by atoms with Gasteiger partial charge in [0.1, 0.15) is 0 Å². The topological polar surface area (TPSA) is 46.3 Å². The molecule has 0 aliphatic carbocycles. The van der Waals surface area contributed by atoms with Gasteiger partial charge >= 0.3 is 0 Å². The highest BCUT2D eigenvalue weighted by molar-refractivity contribution is 5.85. The second-order valence-electron chi connectivity index (χ2n) is 5.51. The van der Waals surface area contributed by atoms with E-state index >= 15 is 0 Å². The first-order chi connectivity index (χ1) is 8.58. The van der Waals surface area contributed by atoms with Crippen LogP contribution >= 0.6 is 12.4 Å². The standard InChI is InChI=1S/C15H22N2O.ClH/c1-11(2)9-14(16)15(18)17-8-7-12-5-3-4-6-13(12)10-17;/h3-6,11,14H,7-10,16H2,1-2H3;1H/t14-;/m0./s1. The van der Waals surface area contributed by atoms with E-state index < -0.39 is 0 Å². The Morgan fingerprint density at radius 2 is 1.95 bits per heavy atom. The Balaban J connectivity index is 0.00000180. The van der Waals surface area contributed by atoms with Crippen LogP contribution in [0.3, 0.4) is 0 Å². The van der Waals surface area contributed by atoms with Gasteiger partial charge in [0.15, 0.2) is 0 Å². The van der Waals surface area contributed by atoms with Crippen LogP contribution in [0.2, 0.25) is 0 Å². The van der Waals surface area contributed by atoms with Gasteiger partial charge in [-0.2, -0.15) is 0 Å². The molecule has 19 heavy (non-hydrogen) atoms. The van der Waals surface area contributed by atoms with Gasteiger partial charge in [-0.05, 0) is 29.9 Å².